The number of aromatic amines is 1. The quantitative estimate of drug-likeness (QED) is 0.509. The van der Waals surface area contributed by atoms with Crippen molar-refractivity contribution in [3.05, 3.63) is 59.3 Å². The first-order valence-corrected chi connectivity index (χ1v) is 9.02. The third-order valence-electron chi connectivity index (χ3n) is 4.85. The Hall–Kier alpha value is -3.33. The van der Waals surface area contributed by atoms with Gasteiger partial charge in [0.05, 0.1) is 11.0 Å². The van der Waals surface area contributed by atoms with E-state index in [2.05, 4.69) is 15.6 Å². The lowest BCUT2D eigenvalue weighted by molar-refractivity contribution is -0.128. The van der Waals surface area contributed by atoms with Gasteiger partial charge >= 0.3 is 0 Å². The lowest BCUT2D eigenvalue weighted by atomic mass is 10.0. The maximum Gasteiger partial charge on any atom is 0.245 e. The molecule has 0 aliphatic carbocycles. The molecule has 9 heteroatoms. The summed E-state index contributed by atoms with van der Waals surface area (Å²) < 4.78 is 74.2. The number of rotatable bonds is 5. The maximum atomic E-state index is 14.5. The van der Waals surface area contributed by atoms with Crippen LogP contribution >= 0.6 is 0 Å². The highest BCUT2D eigenvalue weighted by molar-refractivity contribution is 5.93. The average molecular weight is 421 g/mol. The Balaban J connectivity index is 1.78. The number of carbonyl (C=O) groups excluding carboxylic acids is 2. The van der Waals surface area contributed by atoms with Crippen molar-refractivity contribution in [2.45, 2.75) is 25.0 Å². The van der Waals surface area contributed by atoms with Gasteiger partial charge in [-0.1, -0.05) is 0 Å². The Morgan fingerprint density at radius 3 is 2.60 bits per heavy atom. The largest absolute Gasteiger partial charge is 0.389 e. The summed E-state index contributed by atoms with van der Waals surface area (Å²) in [5.41, 5.74) is -0.581. The van der Waals surface area contributed by atoms with E-state index in [0.717, 1.165) is 6.07 Å². The van der Waals surface area contributed by atoms with E-state index in [1.54, 1.807) is 0 Å². The molecule has 3 aromatic rings. The molecule has 1 aliphatic rings. The molecule has 1 fully saturated rings. The van der Waals surface area contributed by atoms with Crippen LogP contribution in [0.25, 0.3) is 22.2 Å². The fourth-order valence-corrected chi connectivity index (χ4v) is 3.42. The molecule has 1 aromatic heterocycles. The zero-order valence-electron chi connectivity index (χ0n) is 19.3. The number of nitrogens with one attached hydrogen (secondary N) is 3. The van der Waals surface area contributed by atoms with Crippen LogP contribution in [0.5, 0.6) is 0 Å². The molecule has 0 radical (unpaired) electrons. The molecular weight excluding hydrogens is 399 g/mol. The summed E-state index contributed by atoms with van der Waals surface area (Å²) in [6.45, 7) is -0.0248. The van der Waals surface area contributed by atoms with Crippen LogP contribution in [0.4, 0.5) is 13.2 Å². The van der Waals surface area contributed by atoms with Gasteiger partial charge in [0, 0.05) is 30.1 Å². The lowest BCUT2D eigenvalue weighted by Crippen LogP contribution is -2.45. The second kappa shape index (κ2) is 7.83. The van der Waals surface area contributed by atoms with Crippen LogP contribution in [-0.4, -0.2) is 40.6 Å². The third-order valence-corrected chi connectivity index (χ3v) is 4.85. The van der Waals surface area contributed by atoms with Gasteiger partial charge in [-0.25, -0.2) is 13.2 Å². The fraction of sp³-hybridized carbons (Fsp3) is 0.238. The lowest BCUT2D eigenvalue weighted by Gasteiger charge is -2.13. The highest BCUT2D eigenvalue weighted by Gasteiger charge is 2.34. The van der Waals surface area contributed by atoms with Crippen LogP contribution in [0.1, 0.15) is 17.5 Å². The van der Waals surface area contributed by atoms with Crippen molar-refractivity contribution in [2.75, 3.05) is 6.54 Å². The highest BCUT2D eigenvalue weighted by atomic mass is 19.1. The van der Waals surface area contributed by atoms with E-state index < -0.39 is 65.6 Å². The van der Waals surface area contributed by atoms with Crippen LogP contribution in [0.3, 0.4) is 0 Å². The SMILES string of the molecule is [2H]c1c([2H])c(-c2[nH]c3c(F)cc(F)cc3c2CCC(=O)N[C@@H]2C(=O)NC[C@H]2O)c([2H])c([2H])c1F. The molecule has 156 valence electrons. The molecule has 30 heavy (non-hydrogen) atoms. The maximum absolute atomic E-state index is 14.5. The molecule has 0 saturated carbocycles. The molecule has 0 spiro atoms. The van der Waals surface area contributed by atoms with Gasteiger partial charge in [-0.3, -0.25) is 9.59 Å². The number of hydrogen-bond donors (Lipinski definition) is 4. The minimum Gasteiger partial charge on any atom is -0.389 e. The van der Waals surface area contributed by atoms with Crippen LogP contribution in [0, 0.1) is 17.5 Å². The van der Waals surface area contributed by atoms with Gasteiger partial charge in [-0.15, -0.1) is 0 Å². The van der Waals surface area contributed by atoms with Crippen molar-refractivity contribution >= 4 is 22.7 Å². The summed E-state index contributed by atoms with van der Waals surface area (Å²) in [5, 5.41) is 14.6. The summed E-state index contributed by atoms with van der Waals surface area (Å²) in [4.78, 5) is 26.8. The summed E-state index contributed by atoms with van der Waals surface area (Å²) in [6.07, 6.45) is -1.62. The number of aryl methyl sites for hydroxylation is 1. The van der Waals surface area contributed by atoms with E-state index in [1.165, 1.54) is 0 Å². The molecule has 4 rings (SSSR count). The summed E-state index contributed by atoms with van der Waals surface area (Å²) in [7, 11) is 0. The average Bonchev–Trinajstić information content (AvgIpc) is 3.30. The number of benzene rings is 2. The first kappa shape index (κ1) is 15.5. The summed E-state index contributed by atoms with van der Waals surface area (Å²) in [5.74, 6) is -4.49. The molecule has 2 atom stereocenters. The number of aliphatic hydroxyl groups is 1. The van der Waals surface area contributed by atoms with E-state index in [1.807, 2.05) is 0 Å². The number of aromatic nitrogens is 1. The van der Waals surface area contributed by atoms with Gasteiger partial charge in [0.15, 0.2) is 0 Å². The number of carbonyl (C=O) groups is 2. The number of H-pyrrole nitrogens is 1. The zero-order chi connectivity index (χ0) is 24.9. The van der Waals surface area contributed by atoms with Gasteiger partial charge in [-0.05, 0) is 47.8 Å². The first-order chi connectivity index (χ1) is 16.0. The standard InChI is InChI=1S/C21H18F3N3O3/c22-11-3-1-10(2-4-11)18-13(14-7-12(23)8-15(24)19(14)27-18)5-6-17(29)26-20-16(28)9-25-21(20)30/h1-4,7-8,16,20,27-28H,5-6,9H2,(H,25,30)(H,26,29)/t16-,20+/m1/s1/i1D,2D,3D,4D. The molecule has 1 aliphatic heterocycles. The van der Waals surface area contributed by atoms with E-state index >= 15 is 0 Å². The fourth-order valence-electron chi connectivity index (χ4n) is 3.42. The number of amides is 2. The second-order valence-corrected chi connectivity index (χ2v) is 6.84. The number of hydrogen-bond acceptors (Lipinski definition) is 3. The van der Waals surface area contributed by atoms with Gasteiger partial charge < -0.3 is 20.7 Å². The van der Waals surface area contributed by atoms with Crippen molar-refractivity contribution in [2.24, 2.45) is 0 Å². The minimum atomic E-state index is -1.36. The van der Waals surface area contributed by atoms with Gasteiger partial charge in [0.25, 0.3) is 0 Å². The van der Waals surface area contributed by atoms with Crippen LogP contribution in [-0.2, 0) is 16.0 Å². The second-order valence-electron chi connectivity index (χ2n) is 6.84. The van der Waals surface area contributed by atoms with Crippen molar-refractivity contribution in [3.63, 3.8) is 0 Å². The predicted octanol–water partition coefficient (Wildman–Crippen LogP) is 2.16. The first-order valence-electron chi connectivity index (χ1n) is 11.0. The number of β-amino-alcohol motifs (C(OH)–C–C–N with tert-alkyl or cyclic N) is 1. The topological polar surface area (TPSA) is 94.2 Å². The Labute approximate surface area is 174 Å². The molecule has 6 nitrogen and oxygen atoms in total. The normalized spacial score (nSPS) is 20.5. The smallest absolute Gasteiger partial charge is 0.245 e. The van der Waals surface area contributed by atoms with E-state index in [9.17, 15) is 27.9 Å². The Kier molecular flexibility index (Phi) is 4.05. The Morgan fingerprint density at radius 2 is 1.93 bits per heavy atom. The van der Waals surface area contributed by atoms with Crippen molar-refractivity contribution in [1.29, 1.82) is 0 Å². The molecule has 0 bridgehead atoms. The third kappa shape index (κ3) is 3.76. The molecule has 0 unspecified atom stereocenters. The van der Waals surface area contributed by atoms with Crippen molar-refractivity contribution in [1.82, 2.24) is 15.6 Å². The van der Waals surface area contributed by atoms with Crippen LogP contribution < -0.4 is 10.6 Å². The number of aliphatic hydroxyl groups excluding tert-OH is 1. The molecule has 1 saturated heterocycles. The van der Waals surface area contributed by atoms with Gasteiger partial charge in [0.1, 0.15) is 29.6 Å². The molecule has 2 amide bonds. The number of fused-ring (bicyclic) bond motifs is 1. The monoisotopic (exact) mass is 421 g/mol. The highest BCUT2D eigenvalue weighted by Crippen LogP contribution is 2.33. The molecule has 4 N–H and O–H groups in total. The zero-order valence-corrected chi connectivity index (χ0v) is 15.3. The van der Waals surface area contributed by atoms with E-state index in [-0.39, 0.29) is 47.1 Å². The van der Waals surface area contributed by atoms with Crippen LogP contribution in [0.15, 0.2) is 36.3 Å². The van der Waals surface area contributed by atoms with Gasteiger partial charge in [0.2, 0.25) is 11.8 Å². The van der Waals surface area contributed by atoms with Crippen LogP contribution in [0.2, 0.25) is 0 Å². The summed E-state index contributed by atoms with van der Waals surface area (Å²) in [6, 6.07) is -2.90. The predicted molar refractivity (Wildman–Crippen MR) is 103 cm³/mol. The van der Waals surface area contributed by atoms with E-state index in [0.29, 0.717) is 6.07 Å². The molecule has 2 aromatic carbocycles. The Bertz CT molecular complexity index is 1320. The minimum absolute atomic E-state index is 0.000121. The van der Waals surface area contributed by atoms with E-state index in [4.69, 9.17) is 5.48 Å². The Morgan fingerprint density at radius 1 is 1.20 bits per heavy atom. The van der Waals surface area contributed by atoms with Gasteiger partial charge in [-0.2, -0.15) is 0 Å². The summed E-state index contributed by atoms with van der Waals surface area (Å²) >= 11 is 0. The van der Waals surface area contributed by atoms with Crippen molar-refractivity contribution < 1.29 is 33.3 Å². The molecule has 2 heterocycles. The number of halogens is 3. The van der Waals surface area contributed by atoms with Crippen molar-refractivity contribution in [3.8, 4) is 11.3 Å². The molecular formula is C21H18F3N3O3.